The first kappa shape index (κ1) is 19.6. The molecule has 0 saturated carbocycles. The van der Waals surface area contributed by atoms with E-state index in [1.165, 1.54) is 0 Å². The number of pyridine rings is 1. The summed E-state index contributed by atoms with van der Waals surface area (Å²) in [4.78, 5) is 28.2. The topological polar surface area (TPSA) is 95.6 Å². The number of nitrogens with zero attached hydrogens (tertiary/aromatic N) is 3. The Labute approximate surface area is 173 Å². The van der Waals surface area contributed by atoms with Gasteiger partial charge in [-0.05, 0) is 24.3 Å². The molecule has 3 aromatic heterocycles. The second kappa shape index (κ2) is 7.97. The molecule has 4 aromatic rings. The van der Waals surface area contributed by atoms with Crippen LogP contribution in [0.5, 0.6) is 0 Å². The molecule has 0 aliphatic carbocycles. The van der Waals surface area contributed by atoms with Crippen LogP contribution >= 0.6 is 0 Å². The molecule has 160 valence electrons. The van der Waals surface area contributed by atoms with Crippen molar-refractivity contribution in [3.05, 3.63) is 48.8 Å². The summed E-state index contributed by atoms with van der Waals surface area (Å²) in [6, 6.07) is 11.1. The molecule has 10 heteroatoms. The minimum absolute atomic E-state index is 0. The van der Waals surface area contributed by atoms with Crippen molar-refractivity contribution in [2.75, 3.05) is 18.4 Å². The minimum atomic E-state index is -4.44. The maximum absolute atomic E-state index is 12.2. The van der Waals surface area contributed by atoms with Gasteiger partial charge in [-0.2, -0.15) is 13.2 Å². The molecule has 0 bridgehead atoms. The number of aromatic nitrogens is 4. The number of carbonyl (C=O) groups is 1. The first-order valence-corrected chi connectivity index (χ1v) is 9.17. The Kier molecular flexibility index (Phi) is 5.21. The van der Waals surface area contributed by atoms with Gasteiger partial charge in [0.25, 0.3) is 0 Å². The molecule has 0 spiro atoms. The number of benzene rings is 1. The highest BCUT2D eigenvalue weighted by atomic mass is 19.4. The predicted molar refractivity (Wildman–Crippen MR) is 113 cm³/mol. The highest BCUT2D eigenvalue weighted by Crippen LogP contribution is 2.28. The molecule has 0 fully saturated rings. The van der Waals surface area contributed by atoms with E-state index in [-0.39, 0.29) is 17.2 Å². The lowest BCUT2D eigenvalue weighted by molar-refractivity contribution is -0.138. The minimum Gasteiger partial charge on any atom is -0.369 e. The van der Waals surface area contributed by atoms with Crippen LogP contribution < -0.4 is 10.6 Å². The normalized spacial score (nSPS) is 11.7. The second-order valence-corrected chi connectivity index (χ2v) is 6.58. The van der Waals surface area contributed by atoms with Gasteiger partial charge >= 0.3 is 6.18 Å². The van der Waals surface area contributed by atoms with Crippen LogP contribution in [-0.2, 0) is 4.79 Å². The van der Waals surface area contributed by atoms with Gasteiger partial charge in [-0.25, -0.2) is 15.0 Å². The summed E-state index contributed by atoms with van der Waals surface area (Å²) in [6.07, 6.45) is -1.12. The summed E-state index contributed by atoms with van der Waals surface area (Å²) in [5.41, 5.74) is 2.20. The number of carbonyl (C=O) groups excluding carboxylic acids is 1. The number of anilines is 1. The van der Waals surface area contributed by atoms with E-state index in [1.807, 2.05) is 41.7 Å². The van der Waals surface area contributed by atoms with E-state index < -0.39 is 18.6 Å². The standard InChI is InChI=1S/C20H17F3N6O.3H2/c21-20(22,23)11-27-16(30)7-10-26-18-14-3-1-2-4-15(14)28-19(29-18)13-6-9-25-17-12(13)5-8-24-17;;;/h1-6,8-9H,7,10-11H2,(H,24,25)(H,27,30)(H,26,28,29);3*1H. The average Bonchev–Trinajstić information content (AvgIpc) is 3.20. The molecule has 7 nitrogen and oxygen atoms in total. The van der Waals surface area contributed by atoms with E-state index in [2.05, 4.69) is 25.3 Å². The quantitative estimate of drug-likeness (QED) is 0.430. The summed E-state index contributed by atoms with van der Waals surface area (Å²) in [6.45, 7) is -1.22. The lowest BCUT2D eigenvalue weighted by Gasteiger charge is -2.12. The largest absolute Gasteiger partial charge is 0.405 e. The number of hydrogen-bond acceptors (Lipinski definition) is 5. The van der Waals surface area contributed by atoms with Gasteiger partial charge in [0.05, 0.1) is 5.52 Å². The van der Waals surface area contributed by atoms with Gasteiger partial charge in [-0.15, -0.1) is 0 Å². The van der Waals surface area contributed by atoms with E-state index in [0.717, 1.165) is 16.3 Å². The number of fused-ring (bicyclic) bond motifs is 2. The molecule has 0 atom stereocenters. The van der Waals surface area contributed by atoms with Crippen molar-refractivity contribution in [1.82, 2.24) is 25.3 Å². The van der Waals surface area contributed by atoms with Crippen LogP contribution in [0, 0.1) is 0 Å². The lowest BCUT2D eigenvalue weighted by Crippen LogP contribution is -2.34. The van der Waals surface area contributed by atoms with Crippen molar-refractivity contribution in [2.45, 2.75) is 12.6 Å². The first-order chi connectivity index (χ1) is 14.4. The molecule has 0 aliphatic rings. The fraction of sp³-hybridized carbons (Fsp3) is 0.200. The molecular formula is C20H23F3N6O. The summed E-state index contributed by atoms with van der Waals surface area (Å²) in [5.74, 6) is 0.283. The molecule has 4 rings (SSSR count). The number of aromatic amines is 1. The third kappa shape index (κ3) is 4.32. The molecule has 1 aromatic carbocycles. The Morgan fingerprint density at radius 1 is 1.10 bits per heavy atom. The first-order valence-electron chi connectivity index (χ1n) is 9.17. The zero-order valence-electron chi connectivity index (χ0n) is 15.6. The zero-order chi connectivity index (χ0) is 21.1. The van der Waals surface area contributed by atoms with Gasteiger partial charge in [-0.1, -0.05) is 12.1 Å². The van der Waals surface area contributed by atoms with E-state index in [4.69, 9.17) is 0 Å². The van der Waals surface area contributed by atoms with Crippen molar-refractivity contribution in [3.63, 3.8) is 0 Å². The van der Waals surface area contributed by atoms with Crippen LogP contribution in [0.1, 0.15) is 10.7 Å². The van der Waals surface area contributed by atoms with Crippen LogP contribution in [0.2, 0.25) is 0 Å². The van der Waals surface area contributed by atoms with Gasteiger partial charge in [0.1, 0.15) is 18.0 Å². The van der Waals surface area contributed by atoms with Crippen molar-refractivity contribution in [3.8, 4) is 11.4 Å². The Balaban J connectivity index is 0.00000181. The number of hydrogen-bond donors (Lipinski definition) is 3. The smallest absolute Gasteiger partial charge is 0.369 e. The third-order valence-electron chi connectivity index (χ3n) is 4.43. The summed E-state index contributed by atoms with van der Waals surface area (Å²) < 4.78 is 36.7. The predicted octanol–water partition coefficient (Wildman–Crippen LogP) is 4.39. The third-order valence-corrected chi connectivity index (χ3v) is 4.43. The maximum Gasteiger partial charge on any atom is 0.405 e. The molecular weight excluding hydrogens is 397 g/mol. The number of para-hydroxylation sites is 1. The van der Waals surface area contributed by atoms with Crippen molar-refractivity contribution >= 4 is 33.7 Å². The number of H-pyrrole nitrogens is 1. The van der Waals surface area contributed by atoms with E-state index in [9.17, 15) is 18.0 Å². The molecule has 0 aliphatic heterocycles. The summed E-state index contributed by atoms with van der Waals surface area (Å²) >= 11 is 0. The fourth-order valence-electron chi connectivity index (χ4n) is 3.07. The SMILES string of the molecule is O=C(CCNc1nc(-c2ccnc3[nH]ccc23)nc2ccccc12)NCC(F)(F)F.[HH].[HH].[HH]. The number of alkyl halides is 3. The number of nitrogens with one attached hydrogen (secondary N) is 3. The molecule has 0 saturated heterocycles. The molecule has 0 unspecified atom stereocenters. The van der Waals surface area contributed by atoms with Crippen LogP contribution in [0.3, 0.4) is 0 Å². The van der Waals surface area contributed by atoms with Gasteiger partial charge in [0.2, 0.25) is 5.91 Å². The fourth-order valence-corrected chi connectivity index (χ4v) is 3.07. The number of rotatable bonds is 6. The van der Waals surface area contributed by atoms with Crippen LogP contribution in [0.15, 0.2) is 48.8 Å². The lowest BCUT2D eigenvalue weighted by atomic mass is 10.1. The zero-order valence-corrected chi connectivity index (χ0v) is 15.6. The Morgan fingerprint density at radius 3 is 2.77 bits per heavy atom. The Morgan fingerprint density at radius 2 is 1.93 bits per heavy atom. The van der Waals surface area contributed by atoms with Crippen LogP contribution in [-0.4, -0.2) is 45.1 Å². The number of amides is 1. The van der Waals surface area contributed by atoms with E-state index >= 15 is 0 Å². The summed E-state index contributed by atoms with van der Waals surface area (Å²) in [5, 5.41) is 6.52. The van der Waals surface area contributed by atoms with Gasteiger partial charge in [0, 0.05) is 46.0 Å². The van der Waals surface area contributed by atoms with Crippen molar-refractivity contribution in [1.29, 1.82) is 0 Å². The van der Waals surface area contributed by atoms with Gasteiger partial charge < -0.3 is 15.6 Å². The average molecular weight is 420 g/mol. The maximum atomic E-state index is 12.2. The summed E-state index contributed by atoms with van der Waals surface area (Å²) in [7, 11) is 0. The molecule has 30 heavy (non-hydrogen) atoms. The van der Waals surface area contributed by atoms with E-state index in [1.54, 1.807) is 12.4 Å². The van der Waals surface area contributed by atoms with Gasteiger partial charge in [0.15, 0.2) is 5.82 Å². The molecule has 1 amide bonds. The van der Waals surface area contributed by atoms with E-state index in [0.29, 0.717) is 22.8 Å². The van der Waals surface area contributed by atoms with Crippen molar-refractivity contribution in [2.24, 2.45) is 0 Å². The molecule has 0 radical (unpaired) electrons. The highest BCUT2D eigenvalue weighted by molar-refractivity contribution is 5.95. The number of halogens is 3. The monoisotopic (exact) mass is 420 g/mol. The molecule has 3 N–H and O–H groups in total. The Bertz CT molecular complexity index is 1220. The van der Waals surface area contributed by atoms with Crippen LogP contribution in [0.4, 0.5) is 19.0 Å². The van der Waals surface area contributed by atoms with Crippen molar-refractivity contribution < 1.29 is 22.2 Å². The highest BCUT2D eigenvalue weighted by Gasteiger charge is 2.27. The van der Waals surface area contributed by atoms with Gasteiger partial charge in [-0.3, -0.25) is 4.79 Å². The molecule has 3 heterocycles. The second-order valence-electron chi connectivity index (χ2n) is 6.58. The van der Waals surface area contributed by atoms with Crippen LogP contribution in [0.25, 0.3) is 33.3 Å². The Hall–Kier alpha value is -3.69.